The topological polar surface area (TPSA) is 46.2 Å². The standard InChI is InChI=1S/C12H25NO2S/c1-9(2)8-10(3)13-11-6-5-7-12(11)16(4,14)15/h9-13H,5-8H2,1-4H3. The predicted molar refractivity (Wildman–Crippen MR) is 68.3 cm³/mol. The van der Waals surface area contributed by atoms with E-state index in [0.29, 0.717) is 12.0 Å². The lowest BCUT2D eigenvalue weighted by Gasteiger charge is -2.25. The molecule has 0 heterocycles. The molecule has 0 aromatic heterocycles. The molecule has 1 saturated carbocycles. The van der Waals surface area contributed by atoms with Gasteiger partial charge in [-0.15, -0.1) is 0 Å². The molecule has 3 unspecified atom stereocenters. The van der Waals surface area contributed by atoms with Crippen LogP contribution in [-0.2, 0) is 9.84 Å². The SMILES string of the molecule is CC(C)CC(C)NC1CCCC1S(C)(=O)=O. The van der Waals surface area contributed by atoms with Crippen molar-refractivity contribution in [3.63, 3.8) is 0 Å². The Hall–Kier alpha value is -0.0900. The Morgan fingerprint density at radius 1 is 1.25 bits per heavy atom. The van der Waals surface area contributed by atoms with Crippen molar-refractivity contribution >= 4 is 9.84 Å². The van der Waals surface area contributed by atoms with E-state index in [2.05, 4.69) is 26.1 Å². The van der Waals surface area contributed by atoms with Crippen LogP contribution in [0.25, 0.3) is 0 Å². The number of rotatable bonds is 5. The van der Waals surface area contributed by atoms with Gasteiger partial charge in [0.2, 0.25) is 0 Å². The van der Waals surface area contributed by atoms with Crippen molar-refractivity contribution in [1.29, 1.82) is 0 Å². The van der Waals surface area contributed by atoms with Crippen molar-refractivity contribution in [3.05, 3.63) is 0 Å². The minimum Gasteiger partial charge on any atom is -0.310 e. The van der Waals surface area contributed by atoms with Crippen molar-refractivity contribution in [3.8, 4) is 0 Å². The highest BCUT2D eigenvalue weighted by Crippen LogP contribution is 2.25. The van der Waals surface area contributed by atoms with Crippen LogP contribution in [0.2, 0.25) is 0 Å². The molecule has 0 aliphatic heterocycles. The summed E-state index contributed by atoms with van der Waals surface area (Å²) < 4.78 is 23.2. The normalized spacial score (nSPS) is 28.6. The highest BCUT2D eigenvalue weighted by atomic mass is 32.2. The van der Waals surface area contributed by atoms with E-state index in [9.17, 15) is 8.42 Å². The first-order valence-electron chi connectivity index (χ1n) is 6.25. The van der Waals surface area contributed by atoms with Gasteiger partial charge in [-0.2, -0.15) is 0 Å². The molecule has 1 N–H and O–H groups in total. The second-order valence-electron chi connectivity index (χ2n) is 5.60. The fourth-order valence-corrected chi connectivity index (χ4v) is 4.18. The lowest BCUT2D eigenvalue weighted by Crippen LogP contribution is -2.44. The van der Waals surface area contributed by atoms with Crippen LogP contribution in [-0.4, -0.2) is 32.0 Å². The van der Waals surface area contributed by atoms with Crippen LogP contribution in [0.15, 0.2) is 0 Å². The molecule has 3 atom stereocenters. The third kappa shape index (κ3) is 4.06. The molecule has 0 bridgehead atoms. The van der Waals surface area contributed by atoms with Crippen LogP contribution in [0.5, 0.6) is 0 Å². The minimum absolute atomic E-state index is 0.165. The van der Waals surface area contributed by atoms with Gasteiger partial charge in [-0.1, -0.05) is 20.3 Å². The minimum atomic E-state index is -2.89. The van der Waals surface area contributed by atoms with E-state index in [4.69, 9.17) is 0 Å². The van der Waals surface area contributed by atoms with E-state index in [-0.39, 0.29) is 11.3 Å². The van der Waals surface area contributed by atoms with Gasteiger partial charge in [-0.25, -0.2) is 8.42 Å². The monoisotopic (exact) mass is 247 g/mol. The average Bonchev–Trinajstić information content (AvgIpc) is 2.48. The second-order valence-corrected chi connectivity index (χ2v) is 7.87. The van der Waals surface area contributed by atoms with Gasteiger partial charge in [0, 0.05) is 18.3 Å². The molecule has 1 rings (SSSR count). The number of hydrogen-bond donors (Lipinski definition) is 1. The molecule has 96 valence electrons. The van der Waals surface area contributed by atoms with Crippen LogP contribution in [0, 0.1) is 5.92 Å². The molecule has 0 spiro atoms. The third-order valence-electron chi connectivity index (χ3n) is 3.33. The number of hydrogen-bond acceptors (Lipinski definition) is 3. The molecule has 0 aromatic carbocycles. The average molecular weight is 247 g/mol. The van der Waals surface area contributed by atoms with Gasteiger partial charge in [0.25, 0.3) is 0 Å². The van der Waals surface area contributed by atoms with Crippen molar-refractivity contribution in [2.24, 2.45) is 5.92 Å². The Morgan fingerprint density at radius 2 is 1.88 bits per heavy atom. The molecule has 4 heteroatoms. The highest BCUT2D eigenvalue weighted by Gasteiger charge is 2.35. The van der Waals surface area contributed by atoms with Crippen molar-refractivity contribution < 1.29 is 8.42 Å². The Labute approximate surface area is 99.9 Å². The molecule has 1 fully saturated rings. The molecule has 0 aromatic rings. The van der Waals surface area contributed by atoms with Crippen LogP contribution < -0.4 is 5.32 Å². The van der Waals surface area contributed by atoms with Gasteiger partial charge in [0.05, 0.1) is 5.25 Å². The van der Waals surface area contributed by atoms with Gasteiger partial charge in [0.1, 0.15) is 0 Å². The maximum Gasteiger partial charge on any atom is 0.151 e. The maximum absolute atomic E-state index is 11.6. The van der Waals surface area contributed by atoms with E-state index in [1.165, 1.54) is 6.26 Å². The van der Waals surface area contributed by atoms with E-state index < -0.39 is 9.84 Å². The zero-order chi connectivity index (χ0) is 12.3. The molecule has 1 aliphatic rings. The van der Waals surface area contributed by atoms with Crippen molar-refractivity contribution in [1.82, 2.24) is 5.32 Å². The van der Waals surface area contributed by atoms with Crippen LogP contribution in [0.3, 0.4) is 0 Å². The Kier molecular flexibility index (Phi) is 4.80. The Morgan fingerprint density at radius 3 is 2.38 bits per heavy atom. The lowest BCUT2D eigenvalue weighted by atomic mass is 10.0. The van der Waals surface area contributed by atoms with Gasteiger partial charge < -0.3 is 5.32 Å². The summed E-state index contributed by atoms with van der Waals surface area (Å²) in [6, 6.07) is 0.580. The van der Waals surface area contributed by atoms with Crippen LogP contribution in [0.4, 0.5) is 0 Å². The zero-order valence-corrected chi connectivity index (χ0v) is 11.7. The van der Waals surface area contributed by atoms with Crippen LogP contribution in [0.1, 0.15) is 46.5 Å². The summed E-state index contributed by atoms with van der Waals surface area (Å²) in [6.45, 7) is 6.54. The van der Waals surface area contributed by atoms with Gasteiger partial charge >= 0.3 is 0 Å². The first-order valence-corrected chi connectivity index (χ1v) is 8.21. The summed E-state index contributed by atoms with van der Waals surface area (Å²) >= 11 is 0. The second kappa shape index (κ2) is 5.50. The zero-order valence-electron chi connectivity index (χ0n) is 10.9. The highest BCUT2D eigenvalue weighted by molar-refractivity contribution is 7.91. The van der Waals surface area contributed by atoms with E-state index in [1.807, 2.05) is 0 Å². The number of nitrogens with one attached hydrogen (secondary N) is 1. The maximum atomic E-state index is 11.6. The summed E-state index contributed by atoms with van der Waals surface area (Å²) in [5.74, 6) is 0.653. The quantitative estimate of drug-likeness (QED) is 0.808. The first kappa shape index (κ1) is 14.0. The van der Waals surface area contributed by atoms with E-state index >= 15 is 0 Å². The fraction of sp³-hybridized carbons (Fsp3) is 1.00. The predicted octanol–water partition coefficient (Wildman–Crippen LogP) is 1.98. The van der Waals surface area contributed by atoms with Gasteiger partial charge in [-0.05, 0) is 32.1 Å². The van der Waals surface area contributed by atoms with Gasteiger partial charge in [-0.3, -0.25) is 0 Å². The summed E-state index contributed by atoms with van der Waals surface area (Å²) in [4.78, 5) is 0. The summed E-state index contributed by atoms with van der Waals surface area (Å²) in [5.41, 5.74) is 0. The molecule has 16 heavy (non-hydrogen) atoms. The van der Waals surface area contributed by atoms with Gasteiger partial charge in [0.15, 0.2) is 9.84 Å². The molecule has 1 aliphatic carbocycles. The number of sulfone groups is 1. The fourth-order valence-electron chi connectivity index (χ4n) is 2.77. The van der Waals surface area contributed by atoms with Crippen LogP contribution >= 0.6 is 0 Å². The molecule has 0 amide bonds. The molecule has 0 radical (unpaired) electrons. The Balaban J connectivity index is 2.53. The first-order chi connectivity index (χ1) is 7.30. The molecule has 3 nitrogen and oxygen atoms in total. The van der Waals surface area contributed by atoms with Crippen molar-refractivity contribution in [2.45, 2.75) is 63.8 Å². The summed E-state index contributed by atoms with van der Waals surface area (Å²) in [6.07, 6.45) is 5.33. The smallest absolute Gasteiger partial charge is 0.151 e. The van der Waals surface area contributed by atoms with E-state index in [0.717, 1.165) is 25.7 Å². The van der Waals surface area contributed by atoms with Crippen molar-refractivity contribution in [2.75, 3.05) is 6.26 Å². The molecule has 0 saturated heterocycles. The Bertz CT molecular complexity index is 311. The molecular weight excluding hydrogens is 222 g/mol. The third-order valence-corrected chi connectivity index (χ3v) is 4.99. The van der Waals surface area contributed by atoms with E-state index in [1.54, 1.807) is 0 Å². The summed E-state index contributed by atoms with van der Waals surface area (Å²) in [7, 11) is -2.89. The lowest BCUT2D eigenvalue weighted by molar-refractivity contribution is 0.391. The molecular formula is C12H25NO2S. The largest absolute Gasteiger partial charge is 0.310 e. The summed E-state index contributed by atoms with van der Waals surface area (Å²) in [5, 5.41) is 3.32.